The lowest BCUT2D eigenvalue weighted by Crippen LogP contribution is -2.35. The Labute approximate surface area is 99.8 Å². The van der Waals surface area contributed by atoms with E-state index in [2.05, 4.69) is 15.5 Å². The molecule has 1 heterocycles. The van der Waals surface area contributed by atoms with E-state index >= 15 is 0 Å². The van der Waals surface area contributed by atoms with Crippen LogP contribution in [0.2, 0.25) is 0 Å². The lowest BCUT2D eigenvalue weighted by Gasteiger charge is -2.27. The summed E-state index contributed by atoms with van der Waals surface area (Å²) in [5, 5.41) is 14.5. The lowest BCUT2D eigenvalue weighted by molar-refractivity contribution is 0.143. The van der Waals surface area contributed by atoms with E-state index in [-0.39, 0.29) is 12.1 Å². The Morgan fingerprint density at radius 1 is 1.53 bits per heavy atom. The first-order valence-electron chi connectivity index (χ1n) is 5.31. The predicted octanol–water partition coefficient (Wildman–Crippen LogP) is 0.676. The minimum atomic E-state index is -1.05. The first-order valence-corrected chi connectivity index (χ1v) is 5.31. The number of carbonyl (C=O) groups is 1. The lowest BCUT2D eigenvalue weighted by atomic mass is 10.0. The third-order valence-electron chi connectivity index (χ3n) is 2.73. The molecule has 0 aromatic carbocycles. The van der Waals surface area contributed by atoms with Crippen molar-refractivity contribution in [2.75, 3.05) is 20.6 Å². The van der Waals surface area contributed by atoms with Gasteiger partial charge in [0.15, 0.2) is 5.82 Å². The molecule has 17 heavy (non-hydrogen) atoms. The van der Waals surface area contributed by atoms with Crippen LogP contribution < -0.4 is 5.32 Å². The van der Waals surface area contributed by atoms with Gasteiger partial charge < -0.3 is 14.9 Å². The molecule has 0 aliphatic heterocycles. The number of carboxylic acid groups (broad SMARTS) is 1. The Morgan fingerprint density at radius 3 is 2.71 bits per heavy atom. The van der Waals surface area contributed by atoms with Gasteiger partial charge in [-0.05, 0) is 27.9 Å². The first kappa shape index (κ1) is 13.4. The molecule has 1 aromatic heterocycles. The van der Waals surface area contributed by atoms with E-state index in [1.165, 1.54) is 0 Å². The van der Waals surface area contributed by atoms with Crippen LogP contribution in [0.15, 0.2) is 4.52 Å². The molecule has 0 radical (unpaired) electrons. The number of nitrogens with zero attached hydrogens (tertiary/aromatic N) is 3. The fraction of sp³-hybridized carbons (Fsp3) is 0.700. The van der Waals surface area contributed by atoms with Gasteiger partial charge in [0.25, 0.3) is 0 Å². The molecule has 0 unspecified atom stereocenters. The van der Waals surface area contributed by atoms with Crippen molar-refractivity contribution in [3.8, 4) is 0 Å². The maximum absolute atomic E-state index is 10.3. The average Bonchev–Trinajstić information content (AvgIpc) is 2.66. The molecule has 1 rings (SSSR count). The molecule has 0 fully saturated rings. The quantitative estimate of drug-likeness (QED) is 0.788. The summed E-state index contributed by atoms with van der Waals surface area (Å²) < 4.78 is 5.17. The molecule has 0 aliphatic carbocycles. The van der Waals surface area contributed by atoms with Gasteiger partial charge in [0.1, 0.15) is 0 Å². The fourth-order valence-corrected chi connectivity index (χ4v) is 1.08. The normalized spacial score (nSPS) is 11.8. The van der Waals surface area contributed by atoms with E-state index in [4.69, 9.17) is 9.63 Å². The summed E-state index contributed by atoms with van der Waals surface area (Å²) in [5.74, 6) is 1.02. The monoisotopic (exact) mass is 242 g/mol. The topological polar surface area (TPSA) is 91.5 Å². The molecule has 96 valence electrons. The predicted molar refractivity (Wildman–Crippen MR) is 60.7 cm³/mol. The number of rotatable bonds is 5. The summed E-state index contributed by atoms with van der Waals surface area (Å²) in [6.45, 7) is 4.22. The van der Waals surface area contributed by atoms with E-state index in [0.29, 0.717) is 18.1 Å². The van der Waals surface area contributed by atoms with Crippen molar-refractivity contribution in [2.24, 2.45) is 0 Å². The molecule has 1 amide bonds. The zero-order valence-electron chi connectivity index (χ0n) is 10.5. The standard InChI is InChI=1S/C10H18N4O3/c1-10(2,14(3)4)8-12-7(13-17-8)5-6-11-9(15)16/h11H,5-6H2,1-4H3,(H,15,16). The molecule has 0 atom stereocenters. The third-order valence-corrected chi connectivity index (χ3v) is 2.73. The summed E-state index contributed by atoms with van der Waals surface area (Å²) in [4.78, 5) is 16.5. The zero-order chi connectivity index (χ0) is 13.1. The molecular weight excluding hydrogens is 224 g/mol. The van der Waals surface area contributed by atoms with Crippen molar-refractivity contribution in [1.29, 1.82) is 0 Å². The largest absolute Gasteiger partial charge is 0.465 e. The summed E-state index contributed by atoms with van der Waals surface area (Å²) in [5.41, 5.74) is -0.342. The summed E-state index contributed by atoms with van der Waals surface area (Å²) >= 11 is 0. The van der Waals surface area contributed by atoms with Gasteiger partial charge in [-0.2, -0.15) is 4.98 Å². The molecule has 0 saturated carbocycles. The highest BCUT2D eigenvalue weighted by molar-refractivity contribution is 5.64. The highest BCUT2D eigenvalue weighted by atomic mass is 16.5. The number of amides is 1. The van der Waals surface area contributed by atoms with E-state index < -0.39 is 6.09 Å². The highest BCUT2D eigenvalue weighted by Crippen LogP contribution is 2.23. The minimum absolute atomic E-state index is 0.275. The Morgan fingerprint density at radius 2 is 2.18 bits per heavy atom. The maximum atomic E-state index is 10.3. The molecule has 0 aliphatic rings. The number of hydrogen-bond acceptors (Lipinski definition) is 5. The van der Waals surface area contributed by atoms with Gasteiger partial charge in [0.05, 0.1) is 5.54 Å². The van der Waals surface area contributed by atoms with E-state index in [1.807, 2.05) is 32.8 Å². The highest BCUT2D eigenvalue weighted by Gasteiger charge is 2.29. The van der Waals surface area contributed by atoms with Crippen LogP contribution in [0.5, 0.6) is 0 Å². The molecule has 0 bridgehead atoms. The minimum Gasteiger partial charge on any atom is -0.465 e. The Kier molecular flexibility index (Phi) is 4.06. The molecule has 1 aromatic rings. The second-order valence-corrected chi connectivity index (χ2v) is 4.45. The second-order valence-electron chi connectivity index (χ2n) is 4.45. The Balaban J connectivity index is 2.62. The first-order chi connectivity index (χ1) is 7.84. The van der Waals surface area contributed by atoms with Gasteiger partial charge >= 0.3 is 6.09 Å². The SMILES string of the molecule is CN(C)C(C)(C)c1nc(CCNC(=O)O)no1. The van der Waals surface area contributed by atoms with Crippen LogP contribution in [0.25, 0.3) is 0 Å². The molecule has 7 nitrogen and oxygen atoms in total. The summed E-state index contributed by atoms with van der Waals surface area (Å²) in [6.07, 6.45) is -0.637. The van der Waals surface area contributed by atoms with E-state index in [1.54, 1.807) is 0 Å². The van der Waals surface area contributed by atoms with Crippen molar-refractivity contribution in [2.45, 2.75) is 25.8 Å². The molecule has 0 saturated heterocycles. The number of aromatic nitrogens is 2. The summed E-state index contributed by atoms with van der Waals surface area (Å²) in [6, 6.07) is 0. The van der Waals surface area contributed by atoms with Crippen molar-refractivity contribution < 1.29 is 14.4 Å². The van der Waals surface area contributed by atoms with Crippen molar-refractivity contribution in [1.82, 2.24) is 20.4 Å². The average molecular weight is 242 g/mol. The smallest absolute Gasteiger partial charge is 0.404 e. The van der Waals surface area contributed by atoms with Crippen LogP contribution in [0.1, 0.15) is 25.6 Å². The van der Waals surface area contributed by atoms with Crippen molar-refractivity contribution in [3.05, 3.63) is 11.7 Å². The molecule has 0 spiro atoms. The molecular formula is C10H18N4O3. The number of nitrogens with one attached hydrogen (secondary N) is 1. The van der Waals surface area contributed by atoms with Gasteiger partial charge in [0.2, 0.25) is 5.89 Å². The zero-order valence-corrected chi connectivity index (χ0v) is 10.5. The van der Waals surface area contributed by atoms with Crippen molar-refractivity contribution in [3.63, 3.8) is 0 Å². The Hall–Kier alpha value is -1.63. The van der Waals surface area contributed by atoms with Crippen LogP contribution in [0.3, 0.4) is 0 Å². The van der Waals surface area contributed by atoms with Crippen LogP contribution in [0, 0.1) is 0 Å². The van der Waals surface area contributed by atoms with Crippen LogP contribution >= 0.6 is 0 Å². The van der Waals surface area contributed by atoms with Gasteiger partial charge in [-0.25, -0.2) is 4.79 Å². The van der Waals surface area contributed by atoms with Gasteiger partial charge in [-0.1, -0.05) is 5.16 Å². The van der Waals surface area contributed by atoms with Gasteiger partial charge in [0, 0.05) is 13.0 Å². The fourth-order valence-electron chi connectivity index (χ4n) is 1.08. The number of hydrogen-bond donors (Lipinski definition) is 2. The second kappa shape index (κ2) is 5.13. The van der Waals surface area contributed by atoms with Crippen LogP contribution in [0.4, 0.5) is 4.79 Å². The van der Waals surface area contributed by atoms with E-state index in [0.717, 1.165) is 0 Å². The van der Waals surface area contributed by atoms with Gasteiger partial charge in [-0.15, -0.1) is 0 Å². The van der Waals surface area contributed by atoms with Gasteiger partial charge in [-0.3, -0.25) is 4.90 Å². The van der Waals surface area contributed by atoms with E-state index in [9.17, 15) is 4.79 Å². The Bertz CT molecular complexity index is 387. The summed E-state index contributed by atoms with van der Waals surface area (Å²) in [7, 11) is 3.85. The van der Waals surface area contributed by atoms with Crippen molar-refractivity contribution >= 4 is 6.09 Å². The third kappa shape index (κ3) is 3.42. The maximum Gasteiger partial charge on any atom is 0.404 e. The molecule has 2 N–H and O–H groups in total. The van der Waals surface area contributed by atoms with Crippen LogP contribution in [-0.2, 0) is 12.0 Å². The molecule has 7 heteroatoms. The van der Waals surface area contributed by atoms with Crippen LogP contribution in [-0.4, -0.2) is 46.9 Å².